The molecular weight excluding hydrogens is 457 g/mol. The summed E-state index contributed by atoms with van der Waals surface area (Å²) in [6.07, 6.45) is -0.374. The van der Waals surface area contributed by atoms with E-state index in [4.69, 9.17) is 15.6 Å². The SMILES string of the molecule is CCN(CC(O)Cc1ccc(Nc2ncc(C(=O)c3cc(F)ccc3OC)c(N)n2)cc1)C(=O)O. The first-order valence-corrected chi connectivity index (χ1v) is 10.7. The maximum Gasteiger partial charge on any atom is 0.407 e. The molecule has 0 saturated carbocycles. The second-order valence-electron chi connectivity index (χ2n) is 7.67. The molecule has 0 fully saturated rings. The normalized spacial score (nSPS) is 11.5. The fourth-order valence-corrected chi connectivity index (χ4v) is 3.42. The van der Waals surface area contributed by atoms with Gasteiger partial charge in [0.25, 0.3) is 0 Å². The number of amides is 1. The number of benzene rings is 2. The van der Waals surface area contributed by atoms with Crippen molar-refractivity contribution < 1.29 is 28.9 Å². The van der Waals surface area contributed by atoms with E-state index in [9.17, 15) is 19.1 Å². The molecular formula is C24H26FN5O5. The van der Waals surface area contributed by atoms with Crippen LogP contribution in [0.5, 0.6) is 5.75 Å². The van der Waals surface area contributed by atoms with Crippen molar-refractivity contribution in [1.29, 1.82) is 0 Å². The highest BCUT2D eigenvalue weighted by atomic mass is 19.1. The van der Waals surface area contributed by atoms with Crippen LogP contribution in [0.25, 0.3) is 0 Å². The number of nitrogens with zero attached hydrogens (tertiary/aromatic N) is 3. The fourth-order valence-electron chi connectivity index (χ4n) is 3.42. The zero-order valence-electron chi connectivity index (χ0n) is 19.2. The number of hydrogen-bond donors (Lipinski definition) is 4. The number of aliphatic hydroxyl groups is 1. The van der Waals surface area contributed by atoms with Gasteiger partial charge in [0.1, 0.15) is 17.4 Å². The summed E-state index contributed by atoms with van der Waals surface area (Å²) < 4.78 is 18.8. The number of carbonyl (C=O) groups excluding carboxylic acids is 1. The van der Waals surface area contributed by atoms with E-state index < -0.39 is 23.8 Å². The summed E-state index contributed by atoms with van der Waals surface area (Å²) in [6.45, 7) is 2.01. The summed E-state index contributed by atoms with van der Waals surface area (Å²) in [7, 11) is 1.37. The Hall–Kier alpha value is -4.25. The van der Waals surface area contributed by atoms with Gasteiger partial charge in [0, 0.05) is 24.8 Å². The summed E-state index contributed by atoms with van der Waals surface area (Å²) in [4.78, 5) is 33.3. The Morgan fingerprint density at radius 1 is 1.20 bits per heavy atom. The van der Waals surface area contributed by atoms with Crippen molar-refractivity contribution in [2.24, 2.45) is 0 Å². The number of halogens is 1. The number of aromatic nitrogens is 2. The van der Waals surface area contributed by atoms with Crippen LogP contribution in [0.4, 0.5) is 26.6 Å². The quantitative estimate of drug-likeness (QED) is 0.319. The van der Waals surface area contributed by atoms with E-state index in [-0.39, 0.29) is 41.6 Å². The van der Waals surface area contributed by atoms with Gasteiger partial charge in [-0.05, 0) is 42.8 Å². The zero-order valence-corrected chi connectivity index (χ0v) is 19.2. The molecule has 0 aliphatic rings. The number of ether oxygens (including phenoxy) is 1. The Bertz CT molecular complexity index is 1210. The number of nitrogens with two attached hydrogens (primary N) is 1. The van der Waals surface area contributed by atoms with E-state index in [1.54, 1.807) is 31.2 Å². The van der Waals surface area contributed by atoms with E-state index in [0.717, 1.165) is 16.5 Å². The van der Waals surface area contributed by atoms with E-state index >= 15 is 0 Å². The molecule has 0 aliphatic carbocycles. The molecule has 2 aromatic carbocycles. The summed E-state index contributed by atoms with van der Waals surface area (Å²) in [5.74, 6) is -0.894. The average molecular weight is 484 g/mol. The molecule has 0 radical (unpaired) electrons. The molecule has 5 N–H and O–H groups in total. The van der Waals surface area contributed by atoms with Crippen LogP contribution in [-0.2, 0) is 6.42 Å². The molecule has 1 aromatic heterocycles. The van der Waals surface area contributed by atoms with E-state index in [0.29, 0.717) is 12.2 Å². The first-order chi connectivity index (χ1) is 16.7. The van der Waals surface area contributed by atoms with Crippen LogP contribution in [0.15, 0.2) is 48.7 Å². The third kappa shape index (κ3) is 6.42. The van der Waals surface area contributed by atoms with Crippen molar-refractivity contribution in [1.82, 2.24) is 14.9 Å². The topological polar surface area (TPSA) is 151 Å². The molecule has 1 unspecified atom stereocenters. The lowest BCUT2D eigenvalue weighted by Crippen LogP contribution is -2.37. The van der Waals surface area contributed by atoms with Gasteiger partial charge in [-0.25, -0.2) is 14.2 Å². The first-order valence-electron chi connectivity index (χ1n) is 10.7. The molecule has 3 rings (SSSR count). The largest absolute Gasteiger partial charge is 0.496 e. The summed E-state index contributed by atoms with van der Waals surface area (Å²) in [5.41, 5.74) is 7.43. The van der Waals surface area contributed by atoms with Gasteiger partial charge in [-0.3, -0.25) is 4.79 Å². The standard InChI is InChI=1S/C24H26FN5O5/c1-3-30(24(33)34)13-17(31)10-14-4-7-16(8-5-14)28-23-27-12-19(22(26)29-23)21(32)18-11-15(25)6-9-20(18)35-2/h4-9,11-12,17,31H,3,10,13H2,1-2H3,(H,33,34)(H3,26,27,28,29). The predicted molar refractivity (Wildman–Crippen MR) is 128 cm³/mol. The third-order valence-electron chi connectivity index (χ3n) is 5.23. The van der Waals surface area contributed by atoms with E-state index in [1.165, 1.54) is 25.4 Å². The molecule has 0 aliphatic heterocycles. The van der Waals surface area contributed by atoms with Crippen LogP contribution < -0.4 is 15.8 Å². The number of rotatable bonds is 10. The third-order valence-corrected chi connectivity index (χ3v) is 5.23. The van der Waals surface area contributed by atoms with Gasteiger partial charge in [-0.2, -0.15) is 4.98 Å². The molecule has 0 saturated heterocycles. The van der Waals surface area contributed by atoms with Crippen molar-refractivity contribution in [2.75, 3.05) is 31.2 Å². The van der Waals surface area contributed by atoms with Crippen LogP contribution in [-0.4, -0.2) is 63.3 Å². The van der Waals surface area contributed by atoms with Crippen LogP contribution in [0.2, 0.25) is 0 Å². The van der Waals surface area contributed by atoms with Crippen molar-refractivity contribution in [3.8, 4) is 5.75 Å². The second kappa shape index (κ2) is 11.3. The summed E-state index contributed by atoms with van der Waals surface area (Å²) in [6, 6.07) is 10.6. The molecule has 0 bridgehead atoms. The second-order valence-corrected chi connectivity index (χ2v) is 7.67. The summed E-state index contributed by atoms with van der Waals surface area (Å²) in [5, 5.41) is 22.2. The van der Waals surface area contributed by atoms with Crippen LogP contribution in [0.3, 0.4) is 0 Å². The van der Waals surface area contributed by atoms with Crippen LogP contribution in [0.1, 0.15) is 28.4 Å². The molecule has 184 valence electrons. The number of nitrogen functional groups attached to an aromatic ring is 1. The molecule has 11 heteroatoms. The number of carbonyl (C=O) groups is 2. The predicted octanol–water partition coefficient (Wildman–Crippen LogP) is 3.08. The van der Waals surface area contributed by atoms with Crippen LogP contribution >= 0.6 is 0 Å². The van der Waals surface area contributed by atoms with Crippen molar-refractivity contribution in [2.45, 2.75) is 19.4 Å². The van der Waals surface area contributed by atoms with Gasteiger partial charge < -0.3 is 30.9 Å². The molecule has 0 spiro atoms. The van der Waals surface area contributed by atoms with Gasteiger partial charge >= 0.3 is 6.09 Å². The Balaban J connectivity index is 1.67. The molecule has 35 heavy (non-hydrogen) atoms. The lowest BCUT2D eigenvalue weighted by atomic mass is 10.0. The van der Waals surface area contributed by atoms with Crippen molar-refractivity contribution in [3.63, 3.8) is 0 Å². The number of hydrogen-bond acceptors (Lipinski definition) is 8. The Kier molecular flexibility index (Phi) is 8.16. The lowest BCUT2D eigenvalue weighted by Gasteiger charge is -2.20. The number of carboxylic acid groups (broad SMARTS) is 1. The minimum absolute atomic E-state index is 0.00581. The molecule has 1 amide bonds. The van der Waals surface area contributed by atoms with Gasteiger partial charge in [0.15, 0.2) is 0 Å². The number of anilines is 3. The number of likely N-dealkylation sites (N-methyl/N-ethyl adjacent to an activating group) is 1. The number of ketones is 1. The minimum atomic E-state index is -1.08. The van der Waals surface area contributed by atoms with Crippen molar-refractivity contribution in [3.05, 3.63) is 71.2 Å². The molecule has 1 atom stereocenters. The minimum Gasteiger partial charge on any atom is -0.496 e. The molecule has 3 aromatic rings. The maximum atomic E-state index is 13.6. The number of nitrogens with one attached hydrogen (secondary N) is 1. The van der Waals surface area contributed by atoms with Crippen LogP contribution in [0, 0.1) is 5.82 Å². The van der Waals surface area contributed by atoms with Gasteiger partial charge in [0.2, 0.25) is 11.7 Å². The van der Waals surface area contributed by atoms with Gasteiger partial charge in [-0.15, -0.1) is 0 Å². The highest BCUT2D eigenvalue weighted by molar-refractivity contribution is 6.13. The lowest BCUT2D eigenvalue weighted by molar-refractivity contribution is 0.0991. The van der Waals surface area contributed by atoms with Gasteiger partial charge in [0.05, 0.1) is 30.9 Å². The summed E-state index contributed by atoms with van der Waals surface area (Å²) >= 11 is 0. The average Bonchev–Trinajstić information content (AvgIpc) is 2.83. The van der Waals surface area contributed by atoms with E-state index in [2.05, 4.69) is 15.3 Å². The van der Waals surface area contributed by atoms with Crippen molar-refractivity contribution >= 4 is 29.3 Å². The first kappa shape index (κ1) is 25.4. The number of aliphatic hydroxyl groups excluding tert-OH is 1. The van der Waals surface area contributed by atoms with E-state index in [1.807, 2.05) is 0 Å². The molecule has 1 heterocycles. The zero-order chi connectivity index (χ0) is 25.5. The highest BCUT2D eigenvalue weighted by Gasteiger charge is 2.20. The smallest absolute Gasteiger partial charge is 0.407 e. The number of methoxy groups -OCH3 is 1. The Morgan fingerprint density at radius 3 is 2.51 bits per heavy atom. The Labute approximate surface area is 201 Å². The Morgan fingerprint density at radius 2 is 1.91 bits per heavy atom. The highest BCUT2D eigenvalue weighted by Crippen LogP contribution is 2.25. The monoisotopic (exact) mass is 483 g/mol. The van der Waals surface area contributed by atoms with Gasteiger partial charge in [-0.1, -0.05) is 12.1 Å². The maximum absolute atomic E-state index is 13.6. The fraction of sp³-hybridized carbons (Fsp3) is 0.250. The molecule has 10 nitrogen and oxygen atoms in total.